The first-order valence-corrected chi connectivity index (χ1v) is 9.10. The average molecular weight is 380 g/mol. The topological polar surface area (TPSA) is 76.5 Å². The van der Waals surface area contributed by atoms with E-state index in [2.05, 4.69) is 10.4 Å². The number of rotatable bonds is 7. The van der Waals surface area contributed by atoms with E-state index in [-0.39, 0.29) is 11.8 Å². The fraction of sp³-hybridized carbons (Fsp3) is 0.286. The van der Waals surface area contributed by atoms with Gasteiger partial charge in [-0.25, -0.2) is 0 Å². The smallest absolute Gasteiger partial charge is 0.257 e. The van der Waals surface area contributed by atoms with Crippen LogP contribution in [0.2, 0.25) is 0 Å². The highest BCUT2D eigenvalue weighted by Crippen LogP contribution is 2.29. The Kier molecular flexibility index (Phi) is 5.93. The fourth-order valence-electron chi connectivity index (χ4n) is 3.02. The van der Waals surface area contributed by atoms with Gasteiger partial charge in [0.2, 0.25) is 5.91 Å². The summed E-state index contributed by atoms with van der Waals surface area (Å²) in [7, 11) is 5.07. The molecular formula is C21H24N4O3. The van der Waals surface area contributed by atoms with Crippen LogP contribution in [0, 0.1) is 0 Å². The first-order chi connectivity index (χ1) is 13.5. The van der Waals surface area contributed by atoms with E-state index < -0.39 is 0 Å². The van der Waals surface area contributed by atoms with Crippen LogP contribution in [0.25, 0.3) is 10.8 Å². The zero-order valence-electron chi connectivity index (χ0n) is 16.3. The van der Waals surface area contributed by atoms with Gasteiger partial charge in [-0.3, -0.25) is 14.3 Å². The van der Waals surface area contributed by atoms with E-state index in [0.717, 1.165) is 10.8 Å². The standard InChI is InChI=1S/C21H24N4O3/c1-24(2)19(26)11-6-13-25-14-12-18(23-25)22-21(27)16-9-4-7-15-8-5-10-17(28-3)20(15)16/h4-5,7-10,12,14H,6,11,13H2,1-3H3,(H,22,23,27). The average Bonchev–Trinajstić information content (AvgIpc) is 3.13. The number of carbonyl (C=O) groups excluding carboxylic acids is 2. The molecule has 146 valence electrons. The number of hydrogen-bond donors (Lipinski definition) is 1. The van der Waals surface area contributed by atoms with Crippen LogP contribution in [0.5, 0.6) is 5.75 Å². The summed E-state index contributed by atoms with van der Waals surface area (Å²) in [5.41, 5.74) is 0.529. The summed E-state index contributed by atoms with van der Waals surface area (Å²) < 4.78 is 7.15. The number of anilines is 1. The molecule has 0 spiro atoms. The van der Waals surface area contributed by atoms with Crippen LogP contribution in [0.3, 0.4) is 0 Å². The van der Waals surface area contributed by atoms with E-state index in [9.17, 15) is 9.59 Å². The molecular weight excluding hydrogens is 356 g/mol. The number of benzene rings is 2. The van der Waals surface area contributed by atoms with Crippen molar-refractivity contribution in [2.45, 2.75) is 19.4 Å². The normalized spacial score (nSPS) is 10.7. The van der Waals surface area contributed by atoms with Crippen LogP contribution in [0.15, 0.2) is 48.7 Å². The van der Waals surface area contributed by atoms with Gasteiger partial charge < -0.3 is 15.0 Å². The van der Waals surface area contributed by atoms with Crippen LogP contribution in [-0.2, 0) is 11.3 Å². The van der Waals surface area contributed by atoms with Crippen molar-refractivity contribution in [2.24, 2.45) is 0 Å². The number of aryl methyl sites for hydroxylation is 1. The van der Waals surface area contributed by atoms with Gasteiger partial charge in [0, 0.05) is 44.7 Å². The molecule has 7 nitrogen and oxygen atoms in total. The van der Waals surface area contributed by atoms with E-state index in [1.807, 2.05) is 30.3 Å². The maximum atomic E-state index is 12.8. The Balaban J connectivity index is 1.70. The lowest BCUT2D eigenvalue weighted by molar-refractivity contribution is -0.128. The molecule has 2 aromatic carbocycles. The monoisotopic (exact) mass is 380 g/mol. The van der Waals surface area contributed by atoms with Gasteiger partial charge >= 0.3 is 0 Å². The van der Waals surface area contributed by atoms with Gasteiger partial charge in [-0.05, 0) is 23.9 Å². The van der Waals surface area contributed by atoms with Gasteiger partial charge in [0.25, 0.3) is 5.91 Å². The number of nitrogens with zero attached hydrogens (tertiary/aromatic N) is 3. The number of ether oxygens (including phenoxy) is 1. The molecule has 1 heterocycles. The number of aromatic nitrogens is 2. The maximum Gasteiger partial charge on any atom is 0.257 e. The SMILES string of the molecule is COc1cccc2cccc(C(=O)Nc3ccn(CCCC(=O)N(C)C)n3)c12. The number of nitrogens with one attached hydrogen (secondary N) is 1. The summed E-state index contributed by atoms with van der Waals surface area (Å²) in [6.45, 7) is 0.609. The molecule has 0 fully saturated rings. The number of fused-ring (bicyclic) bond motifs is 1. The van der Waals surface area contributed by atoms with E-state index in [0.29, 0.717) is 36.5 Å². The Labute approximate surface area is 163 Å². The van der Waals surface area contributed by atoms with Gasteiger partial charge in [0.05, 0.1) is 12.7 Å². The largest absolute Gasteiger partial charge is 0.496 e. The second kappa shape index (κ2) is 8.56. The van der Waals surface area contributed by atoms with Crippen molar-refractivity contribution in [1.82, 2.24) is 14.7 Å². The minimum atomic E-state index is -0.247. The second-order valence-corrected chi connectivity index (χ2v) is 6.67. The highest BCUT2D eigenvalue weighted by molar-refractivity contribution is 6.14. The van der Waals surface area contributed by atoms with Gasteiger partial charge in [-0.2, -0.15) is 5.10 Å². The molecule has 0 atom stereocenters. The lowest BCUT2D eigenvalue weighted by Crippen LogP contribution is -2.21. The molecule has 3 rings (SSSR count). The van der Waals surface area contributed by atoms with Gasteiger partial charge in [-0.1, -0.05) is 24.3 Å². The number of amides is 2. The van der Waals surface area contributed by atoms with Crippen LogP contribution in [0.1, 0.15) is 23.2 Å². The molecule has 0 saturated heterocycles. The van der Waals surface area contributed by atoms with E-state index in [1.54, 1.807) is 49.1 Å². The number of methoxy groups -OCH3 is 1. The van der Waals surface area contributed by atoms with Crippen molar-refractivity contribution in [3.63, 3.8) is 0 Å². The summed E-state index contributed by atoms with van der Waals surface area (Å²) in [6.07, 6.45) is 2.94. The molecule has 0 bridgehead atoms. The first-order valence-electron chi connectivity index (χ1n) is 9.10. The van der Waals surface area contributed by atoms with Crippen molar-refractivity contribution in [1.29, 1.82) is 0 Å². The predicted octanol–water partition coefficient (Wildman–Crippen LogP) is 3.17. The third-order valence-electron chi connectivity index (χ3n) is 4.49. The first kappa shape index (κ1) is 19.4. The van der Waals surface area contributed by atoms with Crippen molar-refractivity contribution < 1.29 is 14.3 Å². The lowest BCUT2D eigenvalue weighted by atomic mass is 10.0. The lowest BCUT2D eigenvalue weighted by Gasteiger charge is -2.10. The maximum absolute atomic E-state index is 12.8. The molecule has 0 unspecified atom stereocenters. The molecule has 0 saturated carbocycles. The molecule has 1 N–H and O–H groups in total. The van der Waals surface area contributed by atoms with Crippen molar-refractivity contribution in [3.8, 4) is 5.75 Å². The zero-order valence-corrected chi connectivity index (χ0v) is 16.3. The number of carbonyl (C=O) groups is 2. The summed E-state index contributed by atoms with van der Waals surface area (Å²) in [4.78, 5) is 26.0. The Morgan fingerprint density at radius 3 is 2.61 bits per heavy atom. The molecule has 0 aliphatic heterocycles. The van der Waals surface area contributed by atoms with Gasteiger partial charge in [0.1, 0.15) is 5.75 Å². The molecule has 1 aromatic heterocycles. The summed E-state index contributed by atoms with van der Waals surface area (Å²) in [5.74, 6) is 0.962. The minimum absolute atomic E-state index is 0.0885. The molecule has 0 radical (unpaired) electrons. The summed E-state index contributed by atoms with van der Waals surface area (Å²) in [6, 6.07) is 13.0. The Bertz CT molecular complexity index is 989. The third-order valence-corrected chi connectivity index (χ3v) is 4.49. The number of hydrogen-bond acceptors (Lipinski definition) is 4. The van der Waals surface area contributed by atoms with Crippen molar-refractivity contribution >= 4 is 28.4 Å². The molecule has 3 aromatic rings. The second-order valence-electron chi connectivity index (χ2n) is 6.67. The fourth-order valence-corrected chi connectivity index (χ4v) is 3.02. The minimum Gasteiger partial charge on any atom is -0.496 e. The highest BCUT2D eigenvalue weighted by atomic mass is 16.5. The Hall–Kier alpha value is -3.35. The zero-order chi connectivity index (χ0) is 20.1. The molecule has 2 amide bonds. The molecule has 7 heteroatoms. The molecule has 0 aliphatic rings. The van der Waals surface area contributed by atoms with Gasteiger partial charge in [-0.15, -0.1) is 0 Å². The molecule has 28 heavy (non-hydrogen) atoms. The summed E-state index contributed by atoms with van der Waals surface area (Å²) >= 11 is 0. The predicted molar refractivity (Wildman–Crippen MR) is 109 cm³/mol. The van der Waals surface area contributed by atoms with E-state index in [1.165, 1.54) is 0 Å². The van der Waals surface area contributed by atoms with Crippen LogP contribution in [0.4, 0.5) is 5.82 Å². The van der Waals surface area contributed by atoms with Crippen molar-refractivity contribution in [3.05, 3.63) is 54.2 Å². The van der Waals surface area contributed by atoms with Crippen molar-refractivity contribution in [2.75, 3.05) is 26.5 Å². The summed E-state index contributed by atoms with van der Waals surface area (Å²) in [5, 5.41) is 8.91. The third kappa shape index (κ3) is 4.31. The highest BCUT2D eigenvalue weighted by Gasteiger charge is 2.15. The van der Waals surface area contributed by atoms with Crippen LogP contribution in [-0.4, -0.2) is 47.7 Å². The van der Waals surface area contributed by atoms with Crippen LogP contribution < -0.4 is 10.1 Å². The Morgan fingerprint density at radius 1 is 1.14 bits per heavy atom. The molecule has 0 aliphatic carbocycles. The van der Waals surface area contributed by atoms with Gasteiger partial charge in [0.15, 0.2) is 5.82 Å². The van der Waals surface area contributed by atoms with Crippen LogP contribution >= 0.6 is 0 Å². The Morgan fingerprint density at radius 2 is 1.89 bits per heavy atom. The van der Waals surface area contributed by atoms with E-state index >= 15 is 0 Å². The quantitative estimate of drug-likeness (QED) is 0.683. The van der Waals surface area contributed by atoms with E-state index in [4.69, 9.17) is 4.74 Å².